The number of nitrogens with zero attached hydrogens (tertiary/aromatic N) is 3. The van der Waals surface area contributed by atoms with E-state index in [-0.39, 0.29) is 31.1 Å². The number of thiazole rings is 1. The first-order chi connectivity index (χ1) is 19.0. The average molecular weight is 616 g/mol. The first-order valence-electron chi connectivity index (χ1n) is 11.3. The molecule has 3 aromatic carbocycles. The molecule has 0 radical (unpaired) electrons. The second-order valence-electron chi connectivity index (χ2n) is 8.44. The zero-order chi connectivity index (χ0) is 28.8. The van der Waals surface area contributed by atoms with Gasteiger partial charge in [-0.05, 0) is 54.1 Å². The second-order valence-corrected chi connectivity index (χ2v) is 12.5. The molecule has 0 bridgehead atoms. The van der Waals surface area contributed by atoms with E-state index in [9.17, 15) is 33.2 Å². The van der Waals surface area contributed by atoms with Gasteiger partial charge in [-0.15, -0.1) is 0 Å². The molecule has 2 heterocycles. The van der Waals surface area contributed by atoms with Gasteiger partial charge >= 0.3 is 5.91 Å². The number of aliphatic hydroxyl groups excluding tert-OH is 1. The topological polar surface area (TPSA) is 148 Å². The van der Waals surface area contributed by atoms with Crippen molar-refractivity contribution in [3.8, 4) is 0 Å². The first-order valence-corrected chi connectivity index (χ1v) is 14.3. The highest BCUT2D eigenvalue weighted by molar-refractivity contribution is 7.93. The van der Waals surface area contributed by atoms with Gasteiger partial charge in [-0.3, -0.25) is 24.6 Å². The van der Waals surface area contributed by atoms with Crippen LogP contribution in [0, 0.1) is 10.1 Å². The number of hydrogen-bond acceptors (Lipinski definition) is 9. The number of ketones is 1. The van der Waals surface area contributed by atoms with Crippen molar-refractivity contribution in [3.05, 3.63) is 116 Å². The Hall–Kier alpha value is -4.10. The fourth-order valence-electron chi connectivity index (χ4n) is 4.10. The third kappa shape index (κ3) is 4.86. The van der Waals surface area contributed by atoms with E-state index in [1.54, 1.807) is 24.3 Å². The van der Waals surface area contributed by atoms with Crippen molar-refractivity contribution in [2.45, 2.75) is 15.1 Å². The molecule has 40 heavy (non-hydrogen) atoms. The number of aromatic nitrogens is 1. The van der Waals surface area contributed by atoms with Crippen LogP contribution in [0.5, 0.6) is 0 Å². The molecular weight excluding hydrogens is 601 g/mol. The minimum absolute atomic E-state index is 0.113. The van der Waals surface area contributed by atoms with Crippen molar-refractivity contribution in [3.63, 3.8) is 0 Å². The Balaban J connectivity index is 1.62. The highest BCUT2D eigenvalue weighted by Crippen LogP contribution is 2.44. The van der Waals surface area contributed by atoms with Gasteiger partial charge in [0.1, 0.15) is 9.97 Å². The number of carbonyl (C=O) groups excluding carboxylic acids is 2. The molecule has 0 spiro atoms. The van der Waals surface area contributed by atoms with E-state index in [0.717, 1.165) is 35.4 Å². The number of hydrogen-bond donors (Lipinski definition) is 1. The predicted molar refractivity (Wildman–Crippen MR) is 148 cm³/mol. The molecule has 14 heteroatoms. The van der Waals surface area contributed by atoms with E-state index in [1.807, 2.05) is 0 Å². The predicted octanol–water partition coefficient (Wildman–Crippen LogP) is 5.82. The zero-order valence-corrected chi connectivity index (χ0v) is 23.0. The molecule has 0 aliphatic carbocycles. The number of benzene rings is 3. The molecule has 10 nitrogen and oxygen atoms in total. The van der Waals surface area contributed by atoms with Crippen LogP contribution < -0.4 is 4.90 Å². The summed E-state index contributed by atoms with van der Waals surface area (Å²) < 4.78 is 26.2. The Morgan fingerprint density at radius 3 is 2.10 bits per heavy atom. The lowest BCUT2D eigenvalue weighted by Crippen LogP contribution is -2.29. The van der Waals surface area contributed by atoms with Crippen molar-refractivity contribution in [2.24, 2.45) is 0 Å². The second kappa shape index (κ2) is 10.5. The maximum absolute atomic E-state index is 13.3. The first kappa shape index (κ1) is 27.5. The average Bonchev–Trinajstić information content (AvgIpc) is 3.53. The van der Waals surface area contributed by atoms with Crippen LogP contribution in [0.15, 0.2) is 93.7 Å². The molecule has 1 aliphatic heterocycles. The minimum Gasteiger partial charge on any atom is -0.507 e. The zero-order valence-electron chi connectivity index (χ0n) is 19.9. The maximum atomic E-state index is 13.3. The molecule has 1 atom stereocenters. The number of carbonyl (C=O) groups is 2. The Labute approximate surface area is 240 Å². The van der Waals surface area contributed by atoms with Crippen LogP contribution in [0.1, 0.15) is 17.2 Å². The third-order valence-corrected chi connectivity index (χ3v) is 9.78. The Kier molecular flexibility index (Phi) is 7.19. The molecule has 5 rings (SSSR count). The van der Waals surface area contributed by atoms with Crippen LogP contribution in [0.3, 0.4) is 0 Å². The number of non-ortho nitro benzene ring substituents is 1. The maximum Gasteiger partial charge on any atom is 0.301 e. The quantitative estimate of drug-likeness (QED) is 0.0938. The summed E-state index contributed by atoms with van der Waals surface area (Å²) in [4.78, 5) is 41.8. The van der Waals surface area contributed by atoms with Crippen molar-refractivity contribution >= 4 is 72.6 Å². The highest BCUT2D eigenvalue weighted by atomic mass is 35.5. The van der Waals surface area contributed by atoms with Crippen LogP contribution in [0.25, 0.3) is 5.76 Å². The molecule has 1 saturated heterocycles. The number of rotatable bonds is 6. The van der Waals surface area contributed by atoms with Crippen LogP contribution in [-0.2, 0) is 19.4 Å². The molecule has 1 aromatic heterocycles. The molecular formula is C26H15Cl2N3O7S2. The molecule has 1 N–H and O–H groups in total. The van der Waals surface area contributed by atoms with Gasteiger partial charge in [0.25, 0.3) is 11.5 Å². The molecule has 1 aliphatic rings. The van der Waals surface area contributed by atoms with Crippen LogP contribution in [0.4, 0.5) is 10.8 Å². The lowest BCUT2D eigenvalue weighted by atomic mass is 9.95. The van der Waals surface area contributed by atoms with E-state index in [1.165, 1.54) is 24.3 Å². The lowest BCUT2D eigenvalue weighted by molar-refractivity contribution is -0.384. The summed E-state index contributed by atoms with van der Waals surface area (Å²) in [6.45, 7) is 0. The monoisotopic (exact) mass is 615 g/mol. The van der Waals surface area contributed by atoms with Crippen molar-refractivity contribution < 1.29 is 28.0 Å². The largest absolute Gasteiger partial charge is 0.507 e. The molecule has 0 saturated carbocycles. The summed E-state index contributed by atoms with van der Waals surface area (Å²) >= 11 is 12.6. The van der Waals surface area contributed by atoms with Gasteiger partial charge in [-0.2, -0.15) is 0 Å². The minimum atomic E-state index is -4.17. The number of anilines is 1. The number of nitro benzene ring substituents is 1. The lowest BCUT2D eigenvalue weighted by Gasteiger charge is -2.23. The fourth-order valence-corrected chi connectivity index (χ4v) is 6.90. The molecule has 1 amide bonds. The van der Waals surface area contributed by atoms with E-state index in [4.69, 9.17) is 23.2 Å². The van der Waals surface area contributed by atoms with Crippen molar-refractivity contribution in [1.29, 1.82) is 0 Å². The summed E-state index contributed by atoms with van der Waals surface area (Å²) in [6, 6.07) is 15.4. The normalized spacial score (nSPS) is 16.9. The standard InChI is InChI=1S/C26H15Cl2N3O7S2/c27-16-5-1-14(2-6-16)22-21(23(32)15-3-7-17(28)8-4-15)24(33)25(34)30(22)26-29-13-20(39-26)40(37,38)19-11-9-18(10-12-19)31(35)36/h1-13,22,32H/t22-/m0/s1. The molecule has 1 fully saturated rings. The molecule has 0 unspecified atom stereocenters. The van der Waals surface area contributed by atoms with Gasteiger partial charge in [0, 0.05) is 27.7 Å². The van der Waals surface area contributed by atoms with Gasteiger partial charge in [0.15, 0.2) is 5.13 Å². The van der Waals surface area contributed by atoms with Crippen LogP contribution >= 0.6 is 34.5 Å². The van der Waals surface area contributed by atoms with E-state index in [2.05, 4.69) is 4.98 Å². The van der Waals surface area contributed by atoms with Gasteiger partial charge in [-0.1, -0.05) is 46.7 Å². The summed E-state index contributed by atoms with van der Waals surface area (Å²) in [6.07, 6.45) is 1.04. The van der Waals surface area contributed by atoms with E-state index < -0.39 is 38.3 Å². The van der Waals surface area contributed by atoms with Crippen LogP contribution in [0.2, 0.25) is 10.0 Å². The number of sulfone groups is 1. The van der Waals surface area contributed by atoms with E-state index >= 15 is 0 Å². The van der Waals surface area contributed by atoms with Gasteiger partial charge < -0.3 is 5.11 Å². The van der Waals surface area contributed by atoms with Crippen LogP contribution in [-0.4, -0.2) is 35.1 Å². The van der Waals surface area contributed by atoms with Gasteiger partial charge in [0.05, 0.1) is 27.6 Å². The number of halogens is 2. The SMILES string of the molecule is O=C1C(=O)N(c2ncc(S(=O)(=O)c3ccc([N+](=O)[O-])cc3)s2)[C@@H](c2ccc(Cl)cc2)C1=C(O)c1ccc(Cl)cc1. The van der Waals surface area contributed by atoms with E-state index in [0.29, 0.717) is 26.9 Å². The number of nitro groups is 1. The Morgan fingerprint density at radius 1 is 0.950 bits per heavy atom. The third-order valence-electron chi connectivity index (χ3n) is 6.05. The molecule has 202 valence electrons. The number of Topliss-reactive ketones (excluding diaryl/α,β-unsaturated/α-hetero) is 1. The van der Waals surface area contributed by atoms with Crippen molar-refractivity contribution in [2.75, 3.05) is 4.90 Å². The molecule has 4 aromatic rings. The van der Waals surface area contributed by atoms with Crippen molar-refractivity contribution in [1.82, 2.24) is 4.98 Å². The summed E-state index contributed by atoms with van der Waals surface area (Å²) in [5, 5.41) is 22.8. The van der Waals surface area contributed by atoms with Gasteiger partial charge in [0.2, 0.25) is 9.84 Å². The summed E-state index contributed by atoms with van der Waals surface area (Å²) in [5.41, 5.74) is 0.136. The Morgan fingerprint density at radius 2 is 1.52 bits per heavy atom. The number of amides is 1. The van der Waals surface area contributed by atoms with Gasteiger partial charge in [-0.25, -0.2) is 13.4 Å². The Bertz CT molecular complexity index is 1800. The highest BCUT2D eigenvalue weighted by Gasteiger charge is 2.48. The number of aliphatic hydroxyl groups is 1. The summed E-state index contributed by atoms with van der Waals surface area (Å²) in [7, 11) is -4.17. The summed E-state index contributed by atoms with van der Waals surface area (Å²) in [5.74, 6) is -2.47. The smallest absolute Gasteiger partial charge is 0.301 e. The fraction of sp³-hybridized carbons (Fsp3) is 0.0385.